The van der Waals surface area contributed by atoms with Crippen LogP contribution in [-0.4, -0.2) is 34.0 Å². The van der Waals surface area contributed by atoms with E-state index < -0.39 is 9.28 Å². The first-order valence-electron chi connectivity index (χ1n) is 7.79. The van der Waals surface area contributed by atoms with Crippen molar-refractivity contribution < 1.29 is 8.85 Å². The zero-order valence-corrected chi connectivity index (χ0v) is 17.8. The molecule has 0 amide bonds. The fraction of sp³-hybridized carbons (Fsp3) is 1.00. The molecule has 0 aliphatic heterocycles. The molecule has 6 heteroatoms. The highest BCUT2D eigenvalue weighted by atomic mass is 33.5. The van der Waals surface area contributed by atoms with Crippen LogP contribution in [0.4, 0.5) is 0 Å². The van der Waals surface area contributed by atoms with Crippen molar-refractivity contribution in [1.82, 2.24) is 0 Å². The molecule has 2 nitrogen and oxygen atoms in total. The summed E-state index contributed by atoms with van der Waals surface area (Å²) in [6.45, 7) is 9.38. The Bertz CT molecular complexity index is 359. The van der Waals surface area contributed by atoms with E-state index in [2.05, 4.69) is 38.5 Å². The highest BCUT2D eigenvalue weighted by molar-refractivity contribution is 9.09. The third kappa shape index (κ3) is 3.82. The van der Waals surface area contributed by atoms with Crippen molar-refractivity contribution in [3.05, 3.63) is 0 Å². The Morgan fingerprint density at radius 1 is 1.19 bits per heavy atom. The van der Waals surface area contributed by atoms with Crippen LogP contribution in [0.1, 0.15) is 53.4 Å². The lowest BCUT2D eigenvalue weighted by molar-refractivity contribution is 0.219. The maximum Gasteiger partial charge on any atom is 0.328 e. The molecule has 0 aromatic heterocycles. The molecule has 0 aromatic rings. The Kier molecular flexibility index (Phi) is 6.15. The molecule has 0 heterocycles. The van der Waals surface area contributed by atoms with Gasteiger partial charge >= 0.3 is 9.28 Å². The summed E-state index contributed by atoms with van der Waals surface area (Å²) in [5.74, 6) is 2.10. The molecule has 2 rings (SSSR count). The second-order valence-corrected chi connectivity index (χ2v) is 15.3. The largest absolute Gasteiger partial charge is 0.400 e. The molecule has 0 saturated heterocycles. The van der Waals surface area contributed by atoms with Crippen LogP contribution in [0.5, 0.6) is 0 Å². The average Bonchev–Trinajstić information content (AvgIpc) is 2.91. The minimum atomic E-state index is -1.60. The normalized spacial score (nSPS) is 35.9. The molecule has 0 aromatic carbocycles. The Hall–Kier alpha value is 1.19. The summed E-state index contributed by atoms with van der Waals surface area (Å²) >= 11 is 0. The van der Waals surface area contributed by atoms with E-state index in [4.69, 9.17) is 8.85 Å². The number of rotatable bonds is 7. The van der Waals surface area contributed by atoms with Gasteiger partial charge in [-0.25, -0.2) is 0 Å². The van der Waals surface area contributed by atoms with Gasteiger partial charge in [0, 0.05) is 29.8 Å². The summed E-state index contributed by atoms with van der Waals surface area (Å²) < 4.78 is 12.0. The number of hydrogen-bond donors (Lipinski definition) is 0. The van der Waals surface area contributed by atoms with Gasteiger partial charge in [-0.05, 0) is 46.8 Å². The molecule has 0 radical (unpaired) electrons. The van der Waals surface area contributed by atoms with E-state index in [-0.39, 0.29) is 5.04 Å². The van der Waals surface area contributed by atoms with Gasteiger partial charge in [-0.15, -0.1) is 0 Å². The predicted octanol–water partition coefficient (Wildman–Crippen LogP) is 5.28. The van der Waals surface area contributed by atoms with E-state index in [0.29, 0.717) is 10.2 Å². The summed E-state index contributed by atoms with van der Waals surface area (Å²) in [6, 6.07) is 0. The Balaban J connectivity index is 2.00. The summed E-state index contributed by atoms with van der Waals surface area (Å²) in [4.78, 5) is 0. The first kappa shape index (κ1) is 18.5. The fourth-order valence-corrected chi connectivity index (χ4v) is 13.3. The van der Waals surface area contributed by atoms with Crippen LogP contribution in [0.25, 0.3) is 0 Å². The van der Waals surface area contributed by atoms with Gasteiger partial charge in [0.25, 0.3) is 0 Å². The molecule has 2 fully saturated rings. The van der Waals surface area contributed by atoms with E-state index in [9.17, 15) is 0 Å². The van der Waals surface area contributed by atoms with Crippen LogP contribution in [0.15, 0.2) is 0 Å². The van der Waals surface area contributed by atoms with Crippen LogP contribution >= 0.6 is 31.4 Å². The standard InChI is InChI=1S/C15H30O2S3Si/c1-13(2,3)11-18-20-19-15-8-7-12(10-15)9-14(15,4)21(16-5)17-6/h12,21H,7-11H2,1-6H3. The van der Waals surface area contributed by atoms with Gasteiger partial charge in [0.05, 0.1) is 0 Å². The molecule has 2 aliphatic carbocycles. The lowest BCUT2D eigenvalue weighted by Gasteiger charge is -2.45. The van der Waals surface area contributed by atoms with E-state index in [1.807, 2.05) is 34.8 Å². The molecule has 3 unspecified atom stereocenters. The van der Waals surface area contributed by atoms with Crippen molar-refractivity contribution in [2.45, 2.75) is 63.2 Å². The van der Waals surface area contributed by atoms with Gasteiger partial charge in [0.15, 0.2) is 0 Å². The van der Waals surface area contributed by atoms with Crippen molar-refractivity contribution >= 4 is 40.7 Å². The minimum Gasteiger partial charge on any atom is -0.400 e. The van der Waals surface area contributed by atoms with Crippen molar-refractivity contribution in [2.24, 2.45) is 11.3 Å². The zero-order chi connectivity index (χ0) is 15.7. The van der Waals surface area contributed by atoms with Gasteiger partial charge in [-0.1, -0.05) is 49.3 Å². The van der Waals surface area contributed by atoms with Crippen LogP contribution in [0, 0.1) is 11.3 Å². The van der Waals surface area contributed by atoms with E-state index in [0.717, 1.165) is 5.92 Å². The molecule has 2 saturated carbocycles. The molecule has 0 N–H and O–H groups in total. The zero-order valence-electron chi connectivity index (χ0n) is 14.2. The van der Waals surface area contributed by atoms with Gasteiger partial charge in [-0.2, -0.15) is 0 Å². The number of fused-ring (bicyclic) bond motifs is 2. The smallest absolute Gasteiger partial charge is 0.328 e. The van der Waals surface area contributed by atoms with E-state index in [1.54, 1.807) is 0 Å². The first-order chi connectivity index (χ1) is 9.76. The molecular weight excluding hydrogens is 336 g/mol. The molecule has 2 aliphatic rings. The van der Waals surface area contributed by atoms with Crippen molar-refractivity contribution in [3.63, 3.8) is 0 Å². The second-order valence-electron chi connectivity index (χ2n) is 8.00. The minimum absolute atomic E-state index is 0.277. The van der Waals surface area contributed by atoms with E-state index >= 15 is 0 Å². The van der Waals surface area contributed by atoms with Gasteiger partial charge < -0.3 is 8.85 Å². The fourth-order valence-electron chi connectivity index (χ4n) is 3.97. The van der Waals surface area contributed by atoms with Crippen LogP contribution in [0.3, 0.4) is 0 Å². The van der Waals surface area contributed by atoms with Crippen LogP contribution in [-0.2, 0) is 8.85 Å². The molecule has 3 atom stereocenters. The SMILES string of the molecule is CO[SiH](OC)C1(C)CC2CCC1(SSSCC(C)(C)C)C2. The number of hydrogen-bond acceptors (Lipinski definition) is 5. The summed E-state index contributed by atoms with van der Waals surface area (Å²) in [5, 5.41) is 0.277. The van der Waals surface area contributed by atoms with Crippen molar-refractivity contribution in [2.75, 3.05) is 20.0 Å². The predicted molar refractivity (Wildman–Crippen MR) is 101 cm³/mol. The van der Waals surface area contributed by atoms with Gasteiger partial charge in [0.2, 0.25) is 0 Å². The third-order valence-corrected chi connectivity index (χ3v) is 13.5. The van der Waals surface area contributed by atoms with Crippen LogP contribution < -0.4 is 0 Å². The molecular formula is C15H30O2S3Si. The lowest BCUT2D eigenvalue weighted by atomic mass is 9.88. The maximum atomic E-state index is 5.81. The molecule has 21 heavy (non-hydrogen) atoms. The summed E-state index contributed by atoms with van der Waals surface area (Å²) in [6.07, 6.45) is 5.43. The topological polar surface area (TPSA) is 18.5 Å². The monoisotopic (exact) mass is 366 g/mol. The van der Waals surface area contributed by atoms with Crippen LogP contribution in [0.2, 0.25) is 5.04 Å². The third-order valence-electron chi connectivity index (χ3n) is 5.01. The lowest BCUT2D eigenvalue weighted by Crippen LogP contribution is -2.46. The molecule has 0 spiro atoms. The Morgan fingerprint density at radius 2 is 1.86 bits per heavy atom. The average molecular weight is 367 g/mol. The maximum absolute atomic E-state index is 5.81. The Morgan fingerprint density at radius 3 is 2.38 bits per heavy atom. The van der Waals surface area contributed by atoms with Crippen molar-refractivity contribution in [3.8, 4) is 0 Å². The van der Waals surface area contributed by atoms with Crippen molar-refractivity contribution in [1.29, 1.82) is 0 Å². The Labute approximate surface area is 143 Å². The second kappa shape index (κ2) is 6.97. The van der Waals surface area contributed by atoms with Gasteiger partial charge in [-0.3, -0.25) is 0 Å². The highest BCUT2D eigenvalue weighted by Gasteiger charge is 2.64. The quantitative estimate of drug-likeness (QED) is 0.346. The first-order valence-corrected chi connectivity index (χ1v) is 13.0. The molecule has 124 valence electrons. The summed E-state index contributed by atoms with van der Waals surface area (Å²) in [7, 11) is 8.26. The van der Waals surface area contributed by atoms with Gasteiger partial charge in [0.1, 0.15) is 0 Å². The summed E-state index contributed by atoms with van der Waals surface area (Å²) in [5.41, 5.74) is 0.406. The molecule has 2 bridgehead atoms. The van der Waals surface area contributed by atoms with E-state index in [1.165, 1.54) is 31.4 Å². The highest BCUT2D eigenvalue weighted by Crippen LogP contribution is 2.72.